The molecule has 0 radical (unpaired) electrons. The van der Waals surface area contributed by atoms with E-state index in [0.29, 0.717) is 11.3 Å². The Balaban J connectivity index is 2.33. The Kier molecular flexibility index (Phi) is 7.09. The lowest BCUT2D eigenvalue weighted by atomic mass is 10.1. The van der Waals surface area contributed by atoms with E-state index in [1.165, 1.54) is 0 Å². The molecule has 0 saturated carbocycles. The summed E-state index contributed by atoms with van der Waals surface area (Å²) in [5, 5.41) is 3.03. The van der Waals surface area contributed by atoms with Crippen LogP contribution in [0.25, 0.3) is 0 Å². The topological polar surface area (TPSA) is 58.4 Å². The van der Waals surface area contributed by atoms with Crippen LogP contribution in [0.2, 0.25) is 0 Å². The van der Waals surface area contributed by atoms with E-state index < -0.39 is 0 Å². The summed E-state index contributed by atoms with van der Waals surface area (Å²) in [6.45, 7) is 9.67. The summed E-state index contributed by atoms with van der Waals surface area (Å²) >= 11 is 0. The molecule has 0 aliphatic heterocycles. The van der Waals surface area contributed by atoms with Gasteiger partial charge in [-0.05, 0) is 63.7 Å². The monoisotopic (exact) mass is 277 g/mol. The molecule has 0 aliphatic carbocycles. The van der Waals surface area contributed by atoms with Crippen molar-refractivity contribution in [3.05, 3.63) is 29.8 Å². The number of nitrogens with two attached hydrogens (primary N) is 1. The highest BCUT2D eigenvalue weighted by atomic mass is 16.1. The molecule has 112 valence electrons. The lowest BCUT2D eigenvalue weighted by Gasteiger charge is -2.19. The van der Waals surface area contributed by atoms with Gasteiger partial charge in [0.2, 0.25) is 0 Å². The molecule has 4 heteroatoms. The summed E-state index contributed by atoms with van der Waals surface area (Å²) in [5.41, 5.74) is 6.95. The first kappa shape index (κ1) is 16.5. The van der Waals surface area contributed by atoms with E-state index in [1.54, 1.807) is 24.3 Å². The lowest BCUT2D eigenvalue weighted by Crippen LogP contribution is -2.33. The van der Waals surface area contributed by atoms with Crippen molar-refractivity contribution in [3.63, 3.8) is 0 Å². The zero-order chi connectivity index (χ0) is 15.0. The van der Waals surface area contributed by atoms with Crippen molar-refractivity contribution >= 4 is 11.6 Å². The fourth-order valence-corrected chi connectivity index (χ4v) is 2.17. The Bertz CT molecular complexity index is 399. The molecule has 0 heterocycles. The number of carbonyl (C=O) groups excluding carboxylic acids is 1. The quantitative estimate of drug-likeness (QED) is 0.718. The van der Waals surface area contributed by atoms with Gasteiger partial charge in [0.25, 0.3) is 5.91 Å². The standard InChI is InChI=1S/C16H27N3O/c1-4-19(5-2)12-6-7-13(3)18-16(20)14-8-10-15(17)11-9-14/h8-11,13H,4-7,12,17H2,1-3H3,(H,18,20). The number of nitrogen functional groups attached to an aromatic ring is 1. The number of amides is 1. The second-order valence-corrected chi connectivity index (χ2v) is 5.17. The van der Waals surface area contributed by atoms with Crippen molar-refractivity contribution in [1.29, 1.82) is 0 Å². The third-order valence-electron chi connectivity index (χ3n) is 3.56. The minimum absolute atomic E-state index is 0.0275. The minimum Gasteiger partial charge on any atom is -0.399 e. The van der Waals surface area contributed by atoms with Crippen LogP contribution in [-0.2, 0) is 0 Å². The first-order valence-corrected chi connectivity index (χ1v) is 7.45. The maximum absolute atomic E-state index is 12.0. The van der Waals surface area contributed by atoms with Crippen molar-refractivity contribution in [2.75, 3.05) is 25.4 Å². The molecular weight excluding hydrogens is 250 g/mol. The molecule has 0 bridgehead atoms. The normalized spacial score (nSPS) is 12.4. The van der Waals surface area contributed by atoms with Gasteiger partial charge < -0.3 is 16.0 Å². The number of anilines is 1. The number of benzene rings is 1. The summed E-state index contributed by atoms with van der Waals surface area (Å²) in [5.74, 6) is -0.0275. The zero-order valence-corrected chi connectivity index (χ0v) is 12.9. The summed E-state index contributed by atoms with van der Waals surface area (Å²) in [6, 6.07) is 7.20. The van der Waals surface area contributed by atoms with Crippen molar-refractivity contribution in [1.82, 2.24) is 10.2 Å². The van der Waals surface area contributed by atoms with Gasteiger partial charge >= 0.3 is 0 Å². The molecular formula is C16H27N3O. The first-order valence-electron chi connectivity index (χ1n) is 7.45. The third kappa shape index (κ3) is 5.61. The Morgan fingerprint density at radius 2 is 1.85 bits per heavy atom. The van der Waals surface area contributed by atoms with Gasteiger partial charge in [-0.2, -0.15) is 0 Å². The van der Waals surface area contributed by atoms with E-state index in [9.17, 15) is 4.79 Å². The van der Waals surface area contributed by atoms with Gasteiger partial charge in [0.05, 0.1) is 0 Å². The van der Waals surface area contributed by atoms with Gasteiger partial charge in [-0.25, -0.2) is 0 Å². The molecule has 4 nitrogen and oxygen atoms in total. The Labute approximate surface area is 122 Å². The molecule has 0 fully saturated rings. The molecule has 1 atom stereocenters. The molecule has 1 amide bonds. The van der Waals surface area contributed by atoms with E-state index in [1.807, 2.05) is 0 Å². The predicted octanol–water partition coefficient (Wildman–Crippen LogP) is 2.51. The molecule has 0 aliphatic rings. The summed E-state index contributed by atoms with van der Waals surface area (Å²) in [6.07, 6.45) is 2.10. The SMILES string of the molecule is CCN(CC)CCCC(C)NC(=O)c1ccc(N)cc1. The number of hydrogen-bond acceptors (Lipinski definition) is 3. The number of carbonyl (C=O) groups is 1. The maximum atomic E-state index is 12.0. The Hall–Kier alpha value is -1.55. The van der Waals surface area contributed by atoms with E-state index in [4.69, 9.17) is 5.73 Å². The fraction of sp³-hybridized carbons (Fsp3) is 0.562. The zero-order valence-electron chi connectivity index (χ0n) is 12.9. The Morgan fingerprint density at radius 3 is 2.40 bits per heavy atom. The smallest absolute Gasteiger partial charge is 0.251 e. The minimum atomic E-state index is -0.0275. The van der Waals surface area contributed by atoms with Crippen molar-refractivity contribution in [3.8, 4) is 0 Å². The molecule has 3 N–H and O–H groups in total. The molecule has 0 aromatic heterocycles. The molecule has 1 rings (SSSR count). The van der Waals surface area contributed by atoms with Crippen LogP contribution in [0.5, 0.6) is 0 Å². The molecule has 20 heavy (non-hydrogen) atoms. The van der Waals surface area contributed by atoms with Crippen LogP contribution in [-0.4, -0.2) is 36.5 Å². The summed E-state index contributed by atoms with van der Waals surface area (Å²) < 4.78 is 0. The van der Waals surface area contributed by atoms with Gasteiger partial charge in [0, 0.05) is 17.3 Å². The predicted molar refractivity (Wildman–Crippen MR) is 84.8 cm³/mol. The average Bonchev–Trinajstić information content (AvgIpc) is 2.44. The van der Waals surface area contributed by atoms with E-state index in [-0.39, 0.29) is 11.9 Å². The van der Waals surface area contributed by atoms with Crippen LogP contribution >= 0.6 is 0 Å². The van der Waals surface area contributed by atoms with Crippen LogP contribution < -0.4 is 11.1 Å². The van der Waals surface area contributed by atoms with Crippen LogP contribution in [0.3, 0.4) is 0 Å². The van der Waals surface area contributed by atoms with Crippen molar-refractivity contribution in [2.24, 2.45) is 0 Å². The van der Waals surface area contributed by atoms with E-state index in [0.717, 1.165) is 32.5 Å². The van der Waals surface area contributed by atoms with Crippen LogP contribution in [0.15, 0.2) is 24.3 Å². The van der Waals surface area contributed by atoms with E-state index in [2.05, 4.69) is 31.0 Å². The average molecular weight is 277 g/mol. The number of hydrogen-bond donors (Lipinski definition) is 2. The second kappa shape index (κ2) is 8.59. The van der Waals surface area contributed by atoms with E-state index >= 15 is 0 Å². The van der Waals surface area contributed by atoms with Crippen molar-refractivity contribution < 1.29 is 4.79 Å². The van der Waals surface area contributed by atoms with Gasteiger partial charge in [0.1, 0.15) is 0 Å². The van der Waals surface area contributed by atoms with Gasteiger partial charge in [0.15, 0.2) is 0 Å². The highest BCUT2D eigenvalue weighted by Crippen LogP contribution is 2.06. The molecule has 0 spiro atoms. The number of nitrogens with one attached hydrogen (secondary N) is 1. The largest absolute Gasteiger partial charge is 0.399 e. The second-order valence-electron chi connectivity index (χ2n) is 5.17. The third-order valence-corrected chi connectivity index (χ3v) is 3.56. The maximum Gasteiger partial charge on any atom is 0.251 e. The van der Waals surface area contributed by atoms with Crippen LogP contribution in [0, 0.1) is 0 Å². The molecule has 0 saturated heterocycles. The lowest BCUT2D eigenvalue weighted by molar-refractivity contribution is 0.0937. The van der Waals surface area contributed by atoms with Crippen LogP contribution in [0.4, 0.5) is 5.69 Å². The highest BCUT2D eigenvalue weighted by molar-refractivity contribution is 5.94. The molecule has 1 aromatic rings. The van der Waals surface area contributed by atoms with Crippen LogP contribution in [0.1, 0.15) is 44.0 Å². The Morgan fingerprint density at radius 1 is 1.25 bits per heavy atom. The van der Waals surface area contributed by atoms with Gasteiger partial charge in [-0.1, -0.05) is 13.8 Å². The molecule has 1 aromatic carbocycles. The first-order chi connectivity index (χ1) is 9.56. The number of rotatable bonds is 8. The molecule has 1 unspecified atom stereocenters. The number of nitrogens with zero attached hydrogens (tertiary/aromatic N) is 1. The highest BCUT2D eigenvalue weighted by Gasteiger charge is 2.09. The van der Waals surface area contributed by atoms with Crippen molar-refractivity contribution in [2.45, 2.75) is 39.7 Å². The fourth-order valence-electron chi connectivity index (χ4n) is 2.17. The van der Waals surface area contributed by atoms with Gasteiger partial charge in [-0.15, -0.1) is 0 Å². The van der Waals surface area contributed by atoms with Gasteiger partial charge in [-0.3, -0.25) is 4.79 Å². The summed E-state index contributed by atoms with van der Waals surface area (Å²) in [7, 11) is 0. The summed E-state index contributed by atoms with van der Waals surface area (Å²) in [4.78, 5) is 14.4.